The molecule has 0 aliphatic carbocycles. The van der Waals surface area contributed by atoms with Crippen LogP contribution in [0.1, 0.15) is 25.3 Å². The minimum absolute atomic E-state index is 0.0118. The van der Waals surface area contributed by atoms with Crippen LogP contribution in [-0.4, -0.2) is 39.3 Å². The van der Waals surface area contributed by atoms with Crippen molar-refractivity contribution < 1.29 is 4.79 Å². The summed E-state index contributed by atoms with van der Waals surface area (Å²) in [5.74, 6) is 0. The molecule has 1 fully saturated rings. The zero-order valence-electron chi connectivity index (χ0n) is 14.3. The molecule has 0 bridgehead atoms. The number of aryl methyl sites for hydroxylation is 1. The van der Waals surface area contributed by atoms with E-state index in [0.717, 1.165) is 25.9 Å². The van der Waals surface area contributed by atoms with Crippen molar-refractivity contribution in [2.24, 2.45) is 7.05 Å². The molecule has 1 aliphatic heterocycles. The van der Waals surface area contributed by atoms with E-state index in [1.165, 1.54) is 5.56 Å². The van der Waals surface area contributed by atoms with Crippen molar-refractivity contribution in [2.45, 2.75) is 31.8 Å². The highest BCUT2D eigenvalue weighted by molar-refractivity contribution is 5.88. The summed E-state index contributed by atoms with van der Waals surface area (Å²) in [7, 11) is 1.82. The van der Waals surface area contributed by atoms with Gasteiger partial charge in [-0.1, -0.05) is 30.3 Å². The lowest BCUT2D eigenvalue weighted by Crippen LogP contribution is -2.50. The molecule has 0 saturated carbocycles. The summed E-state index contributed by atoms with van der Waals surface area (Å²) in [6, 6.07) is 10.3. The first kappa shape index (κ1) is 16.5. The monoisotopic (exact) mass is 327 g/mol. The molecule has 3 rings (SSSR count). The first-order chi connectivity index (χ1) is 11.5. The van der Waals surface area contributed by atoms with Crippen molar-refractivity contribution >= 4 is 11.7 Å². The summed E-state index contributed by atoms with van der Waals surface area (Å²) in [5, 5.41) is 9.87. The summed E-state index contributed by atoms with van der Waals surface area (Å²) in [6.07, 6.45) is 5.67. The molecule has 128 valence electrons. The van der Waals surface area contributed by atoms with Crippen LogP contribution in [0.4, 0.5) is 10.5 Å². The largest absolute Gasteiger partial charge is 0.336 e. The highest BCUT2D eigenvalue weighted by Crippen LogP contribution is 2.30. The molecular formula is C18H25N5O. The fourth-order valence-corrected chi connectivity index (χ4v) is 3.28. The van der Waals surface area contributed by atoms with Crippen molar-refractivity contribution in [1.29, 1.82) is 0 Å². The van der Waals surface area contributed by atoms with E-state index in [2.05, 4.69) is 51.8 Å². The van der Waals surface area contributed by atoms with Gasteiger partial charge in [0.1, 0.15) is 0 Å². The summed E-state index contributed by atoms with van der Waals surface area (Å²) in [5.41, 5.74) is 2.00. The zero-order valence-corrected chi connectivity index (χ0v) is 14.3. The summed E-state index contributed by atoms with van der Waals surface area (Å²) in [4.78, 5) is 14.6. The van der Waals surface area contributed by atoms with E-state index in [-0.39, 0.29) is 11.6 Å². The van der Waals surface area contributed by atoms with Crippen molar-refractivity contribution in [3.63, 3.8) is 0 Å². The van der Waals surface area contributed by atoms with Crippen LogP contribution in [0.2, 0.25) is 0 Å². The first-order valence-corrected chi connectivity index (χ1v) is 8.38. The number of nitrogens with zero attached hydrogens (tertiary/aromatic N) is 3. The first-order valence-electron chi connectivity index (χ1n) is 8.38. The van der Waals surface area contributed by atoms with Crippen LogP contribution in [0.5, 0.6) is 0 Å². The second-order valence-electron chi connectivity index (χ2n) is 6.72. The van der Waals surface area contributed by atoms with Gasteiger partial charge in [0.15, 0.2) is 0 Å². The Morgan fingerprint density at radius 2 is 2.12 bits per heavy atom. The maximum atomic E-state index is 12.1. The molecule has 1 aromatic carbocycles. The third-order valence-electron chi connectivity index (χ3n) is 4.72. The number of amides is 2. The molecule has 1 aromatic heterocycles. The number of carbonyl (C=O) groups excluding carboxylic acids is 1. The zero-order chi connectivity index (χ0) is 17.0. The van der Waals surface area contributed by atoms with E-state index in [1.54, 1.807) is 17.1 Å². The highest BCUT2D eigenvalue weighted by Gasteiger charge is 2.36. The Kier molecular flexibility index (Phi) is 4.85. The summed E-state index contributed by atoms with van der Waals surface area (Å²) >= 11 is 0. The molecule has 6 heteroatoms. The molecule has 1 aliphatic rings. The number of hydrogen-bond acceptors (Lipinski definition) is 3. The molecule has 2 heterocycles. The molecule has 0 spiro atoms. The predicted molar refractivity (Wildman–Crippen MR) is 94.7 cm³/mol. The number of aromatic nitrogens is 2. The van der Waals surface area contributed by atoms with Gasteiger partial charge in [-0.15, -0.1) is 0 Å². The smallest absolute Gasteiger partial charge is 0.319 e. The van der Waals surface area contributed by atoms with Crippen LogP contribution < -0.4 is 10.6 Å². The number of urea groups is 1. The van der Waals surface area contributed by atoms with Crippen LogP contribution in [0, 0.1) is 0 Å². The summed E-state index contributed by atoms with van der Waals surface area (Å²) in [6.45, 7) is 4.85. The van der Waals surface area contributed by atoms with E-state index in [9.17, 15) is 4.79 Å². The van der Waals surface area contributed by atoms with Gasteiger partial charge >= 0.3 is 6.03 Å². The average molecular weight is 327 g/mol. The molecule has 1 atom stereocenters. The third-order valence-corrected chi connectivity index (χ3v) is 4.72. The molecular weight excluding hydrogens is 302 g/mol. The summed E-state index contributed by atoms with van der Waals surface area (Å²) < 4.78 is 1.66. The van der Waals surface area contributed by atoms with Gasteiger partial charge in [0.25, 0.3) is 0 Å². The fraction of sp³-hybridized carbons (Fsp3) is 0.444. The Morgan fingerprint density at radius 3 is 2.83 bits per heavy atom. The van der Waals surface area contributed by atoms with Crippen LogP contribution >= 0.6 is 0 Å². The van der Waals surface area contributed by atoms with Gasteiger partial charge in [0.05, 0.1) is 11.9 Å². The number of nitrogens with one attached hydrogen (secondary N) is 2. The standard InChI is InChI=1S/C18H25N5O/c1-18(14-19-17(24)21-16-11-20-22(2)13-16)9-6-10-23(18)12-15-7-4-3-5-8-15/h3-5,7-8,11,13H,6,9-10,12,14H2,1-2H3,(H2,19,21,24)/t18-/m1/s1. The highest BCUT2D eigenvalue weighted by atomic mass is 16.2. The SMILES string of the molecule is Cn1cc(NC(=O)NC[C@@]2(C)CCCN2Cc2ccccc2)cn1. The van der Waals surface area contributed by atoms with Crippen molar-refractivity contribution in [1.82, 2.24) is 20.0 Å². The Morgan fingerprint density at radius 1 is 1.33 bits per heavy atom. The Labute approximate surface area is 142 Å². The van der Waals surface area contributed by atoms with E-state index in [4.69, 9.17) is 0 Å². The van der Waals surface area contributed by atoms with Crippen molar-refractivity contribution in [3.8, 4) is 0 Å². The van der Waals surface area contributed by atoms with Gasteiger partial charge in [0.2, 0.25) is 0 Å². The third kappa shape index (κ3) is 3.94. The van der Waals surface area contributed by atoms with Gasteiger partial charge in [0, 0.05) is 31.9 Å². The maximum absolute atomic E-state index is 12.1. The quantitative estimate of drug-likeness (QED) is 0.887. The molecule has 2 amide bonds. The number of anilines is 1. The van der Waals surface area contributed by atoms with Crippen molar-refractivity contribution in [3.05, 3.63) is 48.3 Å². The fourth-order valence-electron chi connectivity index (χ4n) is 3.28. The number of hydrogen-bond donors (Lipinski definition) is 2. The molecule has 24 heavy (non-hydrogen) atoms. The molecule has 1 saturated heterocycles. The van der Waals surface area contributed by atoms with Crippen LogP contribution in [0.15, 0.2) is 42.7 Å². The number of likely N-dealkylation sites (tertiary alicyclic amines) is 1. The van der Waals surface area contributed by atoms with Crippen LogP contribution in [-0.2, 0) is 13.6 Å². The Bertz CT molecular complexity index is 684. The predicted octanol–water partition coefficient (Wildman–Crippen LogP) is 2.60. The maximum Gasteiger partial charge on any atom is 0.319 e. The molecule has 6 nitrogen and oxygen atoms in total. The molecule has 2 aromatic rings. The Balaban J connectivity index is 1.55. The lowest BCUT2D eigenvalue weighted by molar-refractivity contribution is 0.146. The van der Waals surface area contributed by atoms with Gasteiger partial charge in [-0.2, -0.15) is 5.10 Å². The second kappa shape index (κ2) is 7.05. The van der Waals surface area contributed by atoms with Gasteiger partial charge in [-0.05, 0) is 31.9 Å². The normalized spacial score (nSPS) is 20.9. The number of carbonyl (C=O) groups is 1. The number of benzene rings is 1. The van der Waals surface area contributed by atoms with Gasteiger partial charge in [-0.25, -0.2) is 4.79 Å². The lowest BCUT2D eigenvalue weighted by atomic mass is 9.98. The Hall–Kier alpha value is -2.34. The molecule has 0 unspecified atom stereocenters. The number of rotatable bonds is 5. The van der Waals surface area contributed by atoms with E-state index in [0.29, 0.717) is 12.2 Å². The molecule has 2 N–H and O–H groups in total. The van der Waals surface area contributed by atoms with Crippen LogP contribution in [0.25, 0.3) is 0 Å². The minimum Gasteiger partial charge on any atom is -0.336 e. The van der Waals surface area contributed by atoms with E-state index in [1.807, 2.05) is 13.1 Å². The van der Waals surface area contributed by atoms with Crippen LogP contribution in [0.3, 0.4) is 0 Å². The minimum atomic E-state index is -0.184. The van der Waals surface area contributed by atoms with Gasteiger partial charge in [-0.3, -0.25) is 9.58 Å². The molecule has 0 radical (unpaired) electrons. The van der Waals surface area contributed by atoms with Crippen molar-refractivity contribution in [2.75, 3.05) is 18.4 Å². The van der Waals surface area contributed by atoms with E-state index >= 15 is 0 Å². The average Bonchev–Trinajstić information content (AvgIpc) is 3.13. The topological polar surface area (TPSA) is 62.2 Å². The van der Waals surface area contributed by atoms with E-state index < -0.39 is 0 Å². The lowest BCUT2D eigenvalue weighted by Gasteiger charge is -2.35. The second-order valence-corrected chi connectivity index (χ2v) is 6.72. The van der Waals surface area contributed by atoms with Gasteiger partial charge < -0.3 is 10.6 Å².